The van der Waals surface area contributed by atoms with E-state index in [4.69, 9.17) is 0 Å². The zero-order chi connectivity index (χ0) is 16.7. The number of nitrogens with zero attached hydrogens (tertiary/aromatic N) is 3. The Morgan fingerprint density at radius 3 is 2.52 bits per heavy atom. The molecule has 0 unspecified atom stereocenters. The number of benzene rings is 2. The zero-order valence-electron chi connectivity index (χ0n) is 13.0. The van der Waals surface area contributed by atoms with Crippen molar-refractivity contribution in [2.24, 2.45) is 0 Å². The number of Topliss-reactive ketones (excluding diaryl/α,β-unsaturated/α-hetero) is 1. The number of carbonyl (C=O) groups excluding carboxylic acids is 1. The lowest BCUT2D eigenvalue weighted by molar-refractivity contribution is -0.384. The molecule has 23 heavy (non-hydrogen) atoms. The molecule has 3 rings (SSSR count). The fourth-order valence-electron chi connectivity index (χ4n) is 2.55. The summed E-state index contributed by atoms with van der Waals surface area (Å²) in [6.45, 7) is 5.37. The van der Waals surface area contributed by atoms with Gasteiger partial charge in [-0.05, 0) is 56.2 Å². The summed E-state index contributed by atoms with van der Waals surface area (Å²) in [7, 11) is 0. The van der Waals surface area contributed by atoms with E-state index in [0.29, 0.717) is 11.3 Å². The standard InChI is InChI=1S/C17H15N3O3/c1-10-6-14-16(7-11(10)2)19(9-18-14)15-5-4-13(12(3)21)8-17(15)20(22)23/h4-9H,1-3H3. The predicted molar refractivity (Wildman–Crippen MR) is 87.2 cm³/mol. The van der Waals surface area contributed by atoms with Crippen LogP contribution in [0.3, 0.4) is 0 Å². The second kappa shape index (κ2) is 5.31. The van der Waals surface area contributed by atoms with E-state index in [9.17, 15) is 14.9 Å². The Balaban J connectivity index is 2.28. The molecule has 1 heterocycles. The van der Waals surface area contributed by atoms with Gasteiger partial charge in [-0.15, -0.1) is 0 Å². The van der Waals surface area contributed by atoms with Gasteiger partial charge in [-0.1, -0.05) is 0 Å². The van der Waals surface area contributed by atoms with Gasteiger partial charge in [0.15, 0.2) is 5.78 Å². The van der Waals surface area contributed by atoms with Gasteiger partial charge in [0.2, 0.25) is 0 Å². The van der Waals surface area contributed by atoms with Gasteiger partial charge in [0.25, 0.3) is 5.69 Å². The highest BCUT2D eigenvalue weighted by molar-refractivity contribution is 5.95. The predicted octanol–water partition coefficient (Wildman–Crippen LogP) is 3.75. The third-order valence-electron chi connectivity index (χ3n) is 4.00. The van der Waals surface area contributed by atoms with Crippen molar-refractivity contribution in [2.75, 3.05) is 0 Å². The Hall–Kier alpha value is -3.02. The molecule has 0 bridgehead atoms. The summed E-state index contributed by atoms with van der Waals surface area (Å²) in [5.41, 5.74) is 4.37. The highest BCUT2D eigenvalue weighted by Crippen LogP contribution is 2.28. The molecule has 0 spiro atoms. The largest absolute Gasteiger partial charge is 0.295 e. The van der Waals surface area contributed by atoms with Crippen LogP contribution in [-0.4, -0.2) is 20.3 Å². The van der Waals surface area contributed by atoms with Gasteiger partial charge in [-0.25, -0.2) is 4.98 Å². The SMILES string of the molecule is CC(=O)c1ccc(-n2cnc3cc(C)c(C)cc32)c([N+](=O)[O-])c1. The first-order chi connectivity index (χ1) is 10.9. The van der Waals surface area contributed by atoms with Crippen LogP contribution in [0.5, 0.6) is 0 Å². The average molecular weight is 309 g/mol. The number of nitro groups is 1. The number of fused-ring (bicyclic) bond motifs is 1. The molecule has 0 aliphatic rings. The Labute approximate surface area is 132 Å². The maximum absolute atomic E-state index is 11.5. The number of imidazole rings is 1. The Morgan fingerprint density at radius 1 is 1.17 bits per heavy atom. The van der Waals surface area contributed by atoms with Gasteiger partial charge >= 0.3 is 0 Å². The van der Waals surface area contributed by atoms with Crippen molar-refractivity contribution in [3.63, 3.8) is 0 Å². The highest BCUT2D eigenvalue weighted by Gasteiger charge is 2.19. The van der Waals surface area contributed by atoms with Gasteiger partial charge in [0.05, 0.1) is 16.0 Å². The van der Waals surface area contributed by atoms with Crippen LogP contribution in [0.1, 0.15) is 28.4 Å². The third-order valence-corrected chi connectivity index (χ3v) is 4.00. The third kappa shape index (κ3) is 2.48. The molecular formula is C17H15N3O3. The number of hydrogen-bond donors (Lipinski definition) is 0. The fourth-order valence-corrected chi connectivity index (χ4v) is 2.55. The van der Waals surface area contributed by atoms with Crippen molar-refractivity contribution in [3.8, 4) is 5.69 Å². The van der Waals surface area contributed by atoms with E-state index in [-0.39, 0.29) is 11.5 Å². The molecule has 0 fully saturated rings. The topological polar surface area (TPSA) is 78.0 Å². The van der Waals surface area contributed by atoms with Gasteiger partial charge in [0.1, 0.15) is 12.0 Å². The minimum absolute atomic E-state index is 0.116. The quantitative estimate of drug-likeness (QED) is 0.419. The average Bonchev–Trinajstić information content (AvgIpc) is 2.89. The summed E-state index contributed by atoms with van der Waals surface area (Å²) in [6, 6.07) is 8.41. The van der Waals surface area contributed by atoms with Crippen LogP contribution in [0.15, 0.2) is 36.7 Å². The molecule has 0 saturated heterocycles. The van der Waals surface area contributed by atoms with Crippen molar-refractivity contribution in [1.29, 1.82) is 0 Å². The van der Waals surface area contributed by atoms with Crippen LogP contribution in [0.25, 0.3) is 16.7 Å². The molecule has 0 N–H and O–H groups in total. The second-order valence-corrected chi connectivity index (χ2v) is 5.56. The number of carbonyl (C=O) groups is 1. The Bertz CT molecular complexity index is 957. The van der Waals surface area contributed by atoms with E-state index in [1.165, 1.54) is 13.0 Å². The van der Waals surface area contributed by atoms with Crippen LogP contribution in [0, 0.1) is 24.0 Å². The summed E-state index contributed by atoms with van der Waals surface area (Å²) in [5.74, 6) is -0.207. The summed E-state index contributed by atoms with van der Waals surface area (Å²) in [5, 5.41) is 11.4. The highest BCUT2D eigenvalue weighted by atomic mass is 16.6. The lowest BCUT2D eigenvalue weighted by atomic mass is 10.1. The van der Waals surface area contributed by atoms with E-state index in [1.54, 1.807) is 23.0 Å². The van der Waals surface area contributed by atoms with Crippen LogP contribution >= 0.6 is 0 Å². The molecule has 6 nitrogen and oxygen atoms in total. The minimum Gasteiger partial charge on any atom is -0.295 e. The van der Waals surface area contributed by atoms with Crippen LogP contribution in [0.4, 0.5) is 5.69 Å². The van der Waals surface area contributed by atoms with Crippen molar-refractivity contribution < 1.29 is 9.72 Å². The molecule has 0 radical (unpaired) electrons. The minimum atomic E-state index is -0.478. The number of aromatic nitrogens is 2. The van der Waals surface area contributed by atoms with Crippen molar-refractivity contribution in [3.05, 3.63) is 63.5 Å². The lowest BCUT2D eigenvalue weighted by Gasteiger charge is -2.08. The van der Waals surface area contributed by atoms with E-state index in [2.05, 4.69) is 4.98 Å². The number of rotatable bonds is 3. The van der Waals surface area contributed by atoms with E-state index < -0.39 is 4.92 Å². The van der Waals surface area contributed by atoms with Crippen molar-refractivity contribution in [1.82, 2.24) is 9.55 Å². The summed E-state index contributed by atoms with van der Waals surface area (Å²) >= 11 is 0. The first-order valence-corrected chi connectivity index (χ1v) is 7.12. The first-order valence-electron chi connectivity index (χ1n) is 7.12. The normalized spacial score (nSPS) is 10.9. The van der Waals surface area contributed by atoms with Crippen LogP contribution in [-0.2, 0) is 0 Å². The molecule has 116 valence electrons. The van der Waals surface area contributed by atoms with E-state index in [0.717, 1.165) is 22.2 Å². The van der Waals surface area contributed by atoms with E-state index >= 15 is 0 Å². The van der Waals surface area contributed by atoms with E-state index in [1.807, 2.05) is 26.0 Å². The monoisotopic (exact) mass is 309 g/mol. The maximum atomic E-state index is 11.5. The number of nitro benzene ring substituents is 1. The first kappa shape index (κ1) is 14.9. The molecule has 0 atom stereocenters. The fraction of sp³-hybridized carbons (Fsp3) is 0.176. The van der Waals surface area contributed by atoms with Crippen molar-refractivity contribution in [2.45, 2.75) is 20.8 Å². The molecule has 0 amide bonds. The summed E-state index contributed by atoms with van der Waals surface area (Å²) < 4.78 is 1.68. The Kier molecular flexibility index (Phi) is 3.44. The molecule has 2 aromatic carbocycles. The van der Waals surface area contributed by atoms with Gasteiger partial charge in [0, 0.05) is 11.6 Å². The maximum Gasteiger partial charge on any atom is 0.293 e. The molecule has 0 aliphatic heterocycles. The molecular weight excluding hydrogens is 294 g/mol. The van der Waals surface area contributed by atoms with Gasteiger partial charge in [-0.2, -0.15) is 0 Å². The second-order valence-electron chi connectivity index (χ2n) is 5.56. The van der Waals surface area contributed by atoms with Gasteiger partial charge < -0.3 is 0 Å². The molecule has 1 aromatic heterocycles. The summed E-state index contributed by atoms with van der Waals surface area (Å²) in [6.07, 6.45) is 1.57. The molecule has 0 saturated carbocycles. The Morgan fingerprint density at radius 2 is 1.87 bits per heavy atom. The number of ketones is 1. The number of hydrogen-bond acceptors (Lipinski definition) is 4. The van der Waals surface area contributed by atoms with Gasteiger partial charge in [-0.3, -0.25) is 19.5 Å². The molecule has 6 heteroatoms. The molecule has 3 aromatic rings. The lowest BCUT2D eigenvalue weighted by Crippen LogP contribution is -2.02. The smallest absolute Gasteiger partial charge is 0.293 e. The zero-order valence-corrected chi connectivity index (χ0v) is 13.0. The van der Waals surface area contributed by atoms with Crippen molar-refractivity contribution >= 4 is 22.5 Å². The van der Waals surface area contributed by atoms with Crippen LogP contribution in [0.2, 0.25) is 0 Å². The molecule has 0 aliphatic carbocycles. The van der Waals surface area contributed by atoms with Crippen LogP contribution < -0.4 is 0 Å². The number of aryl methyl sites for hydroxylation is 2. The summed E-state index contributed by atoms with van der Waals surface area (Å²) in [4.78, 5) is 26.7.